The maximum atomic E-state index is 12.4. The Bertz CT molecular complexity index is 414. The lowest BCUT2D eigenvalue weighted by Gasteiger charge is -2.16. The van der Waals surface area contributed by atoms with Gasteiger partial charge in [-0.1, -0.05) is 12.1 Å². The Hall–Kier alpha value is -1.28. The summed E-state index contributed by atoms with van der Waals surface area (Å²) in [5.74, 6) is 0. The van der Waals surface area contributed by atoms with Gasteiger partial charge in [-0.05, 0) is 24.6 Å². The molecular weight excluding hydrogens is 276 g/mol. The zero-order chi connectivity index (χ0) is 14.7. The third kappa shape index (κ3) is 5.48. The zero-order valence-electron chi connectivity index (χ0n) is 9.77. The first-order chi connectivity index (χ1) is 8.59. The van der Waals surface area contributed by atoms with E-state index in [0.29, 0.717) is 0 Å². The number of hydrogen-bond acceptors (Lipinski definition) is 2. The second-order valence-electron chi connectivity index (χ2n) is 3.87. The first-order valence-electron chi connectivity index (χ1n) is 5.21. The van der Waals surface area contributed by atoms with Crippen molar-refractivity contribution in [1.82, 2.24) is 5.48 Å². The molecule has 0 heterocycles. The summed E-state index contributed by atoms with van der Waals surface area (Å²) in [5, 5.41) is 0. The molecule has 0 spiro atoms. The Labute approximate surface area is 105 Å². The molecule has 0 aliphatic rings. The van der Waals surface area contributed by atoms with Crippen LogP contribution in [0.3, 0.4) is 0 Å². The number of rotatable bonds is 4. The highest BCUT2D eigenvalue weighted by molar-refractivity contribution is 5.27. The van der Waals surface area contributed by atoms with E-state index in [1.165, 1.54) is 19.1 Å². The van der Waals surface area contributed by atoms with Gasteiger partial charge in [0.2, 0.25) is 0 Å². The van der Waals surface area contributed by atoms with Crippen LogP contribution in [0.2, 0.25) is 0 Å². The van der Waals surface area contributed by atoms with Crippen LogP contribution in [0.4, 0.5) is 26.3 Å². The minimum absolute atomic E-state index is 0.178. The van der Waals surface area contributed by atoms with Gasteiger partial charge in [-0.3, -0.25) is 4.84 Å². The fourth-order valence-corrected chi connectivity index (χ4v) is 1.30. The van der Waals surface area contributed by atoms with Gasteiger partial charge in [0, 0.05) is 0 Å². The van der Waals surface area contributed by atoms with Crippen LogP contribution < -0.4 is 5.48 Å². The van der Waals surface area contributed by atoms with Crippen molar-refractivity contribution in [2.45, 2.75) is 25.3 Å². The van der Waals surface area contributed by atoms with E-state index in [-0.39, 0.29) is 5.56 Å². The van der Waals surface area contributed by atoms with Crippen molar-refractivity contribution in [3.05, 3.63) is 35.4 Å². The van der Waals surface area contributed by atoms with Crippen LogP contribution in [0.5, 0.6) is 0 Å². The van der Waals surface area contributed by atoms with Crippen molar-refractivity contribution in [1.29, 1.82) is 0 Å². The van der Waals surface area contributed by atoms with E-state index in [9.17, 15) is 26.3 Å². The molecule has 0 fully saturated rings. The van der Waals surface area contributed by atoms with Crippen LogP contribution >= 0.6 is 0 Å². The number of hydroxylamine groups is 1. The molecule has 1 aromatic rings. The van der Waals surface area contributed by atoms with Gasteiger partial charge in [0.25, 0.3) is 0 Å². The quantitative estimate of drug-likeness (QED) is 0.671. The SMILES string of the molecule is CC(NOCC(F)(F)F)c1cccc(C(F)(F)F)c1. The average molecular weight is 287 g/mol. The van der Waals surface area contributed by atoms with Gasteiger partial charge in [-0.25, -0.2) is 0 Å². The van der Waals surface area contributed by atoms with Crippen LogP contribution in [0.1, 0.15) is 24.1 Å². The number of hydrogen-bond donors (Lipinski definition) is 1. The van der Waals surface area contributed by atoms with E-state index in [1.54, 1.807) is 0 Å². The lowest BCUT2D eigenvalue weighted by atomic mass is 10.1. The Balaban J connectivity index is 2.65. The normalized spacial score (nSPS) is 14.5. The van der Waals surface area contributed by atoms with Gasteiger partial charge in [0.15, 0.2) is 6.61 Å². The number of halogens is 6. The van der Waals surface area contributed by atoms with E-state index in [4.69, 9.17) is 0 Å². The molecule has 2 nitrogen and oxygen atoms in total. The lowest BCUT2D eigenvalue weighted by Crippen LogP contribution is -2.26. The molecule has 1 atom stereocenters. The second kappa shape index (κ2) is 5.79. The molecule has 0 aliphatic heterocycles. The van der Waals surface area contributed by atoms with E-state index in [1.807, 2.05) is 5.48 Å². The molecule has 1 aromatic carbocycles. The van der Waals surface area contributed by atoms with Crippen molar-refractivity contribution in [3.63, 3.8) is 0 Å². The van der Waals surface area contributed by atoms with Crippen molar-refractivity contribution in [3.8, 4) is 0 Å². The van der Waals surface area contributed by atoms with E-state index in [2.05, 4.69) is 4.84 Å². The monoisotopic (exact) mass is 287 g/mol. The highest BCUT2D eigenvalue weighted by atomic mass is 19.4. The highest BCUT2D eigenvalue weighted by Gasteiger charge is 2.31. The van der Waals surface area contributed by atoms with Gasteiger partial charge in [-0.15, -0.1) is 0 Å². The molecule has 0 amide bonds. The van der Waals surface area contributed by atoms with Crippen LogP contribution in [0.25, 0.3) is 0 Å². The van der Waals surface area contributed by atoms with Crippen molar-refractivity contribution in [2.75, 3.05) is 6.61 Å². The largest absolute Gasteiger partial charge is 0.416 e. The Kier molecular flexibility index (Phi) is 4.81. The van der Waals surface area contributed by atoms with Crippen LogP contribution in [-0.2, 0) is 11.0 Å². The van der Waals surface area contributed by atoms with Crippen molar-refractivity contribution in [2.24, 2.45) is 0 Å². The fraction of sp³-hybridized carbons (Fsp3) is 0.455. The van der Waals surface area contributed by atoms with E-state index in [0.717, 1.165) is 12.1 Å². The highest BCUT2D eigenvalue weighted by Crippen LogP contribution is 2.30. The van der Waals surface area contributed by atoms with Crippen LogP contribution in [0, 0.1) is 0 Å². The summed E-state index contributed by atoms with van der Waals surface area (Å²) in [7, 11) is 0. The molecule has 0 bridgehead atoms. The van der Waals surface area contributed by atoms with Crippen LogP contribution in [-0.4, -0.2) is 12.8 Å². The van der Waals surface area contributed by atoms with Gasteiger partial charge in [0.1, 0.15) is 0 Å². The molecule has 1 unspecified atom stereocenters. The van der Waals surface area contributed by atoms with Gasteiger partial charge >= 0.3 is 12.4 Å². The number of alkyl halides is 6. The molecule has 0 radical (unpaired) electrons. The first kappa shape index (κ1) is 15.8. The van der Waals surface area contributed by atoms with Crippen molar-refractivity contribution < 1.29 is 31.2 Å². The molecule has 1 rings (SSSR count). The third-order valence-corrected chi connectivity index (χ3v) is 2.21. The summed E-state index contributed by atoms with van der Waals surface area (Å²) in [6, 6.07) is 3.48. The Morgan fingerprint density at radius 1 is 1.16 bits per heavy atom. The summed E-state index contributed by atoms with van der Waals surface area (Å²) >= 11 is 0. The summed E-state index contributed by atoms with van der Waals surface area (Å²) in [5.41, 5.74) is 1.36. The third-order valence-electron chi connectivity index (χ3n) is 2.21. The predicted octanol–water partition coefficient (Wildman–Crippen LogP) is 3.85. The minimum atomic E-state index is -4.50. The van der Waals surface area contributed by atoms with E-state index < -0.39 is 30.6 Å². The summed E-state index contributed by atoms with van der Waals surface area (Å²) in [6.45, 7) is -0.123. The smallest absolute Gasteiger partial charge is 0.292 e. The maximum absolute atomic E-state index is 12.4. The molecule has 8 heteroatoms. The molecule has 0 saturated carbocycles. The van der Waals surface area contributed by atoms with E-state index >= 15 is 0 Å². The molecule has 108 valence electrons. The lowest BCUT2D eigenvalue weighted by molar-refractivity contribution is -0.192. The minimum Gasteiger partial charge on any atom is -0.292 e. The molecule has 19 heavy (non-hydrogen) atoms. The number of nitrogens with one attached hydrogen (secondary N) is 1. The summed E-state index contributed by atoms with van der Waals surface area (Å²) < 4.78 is 72.8. The van der Waals surface area contributed by atoms with Gasteiger partial charge < -0.3 is 0 Å². The van der Waals surface area contributed by atoms with Crippen LogP contribution in [0.15, 0.2) is 24.3 Å². The summed E-state index contributed by atoms with van der Waals surface area (Å²) in [6.07, 6.45) is -9.00. The Morgan fingerprint density at radius 3 is 2.32 bits per heavy atom. The maximum Gasteiger partial charge on any atom is 0.416 e. The average Bonchev–Trinajstić information content (AvgIpc) is 2.26. The van der Waals surface area contributed by atoms with Crippen molar-refractivity contribution >= 4 is 0 Å². The Morgan fingerprint density at radius 2 is 1.79 bits per heavy atom. The first-order valence-corrected chi connectivity index (χ1v) is 5.21. The fourth-order valence-electron chi connectivity index (χ4n) is 1.30. The molecular formula is C11H11F6NO. The van der Waals surface area contributed by atoms with Gasteiger partial charge in [0.05, 0.1) is 11.6 Å². The topological polar surface area (TPSA) is 21.3 Å². The standard InChI is InChI=1S/C11H11F6NO/c1-7(18-19-6-10(12,13)14)8-3-2-4-9(5-8)11(15,16)17/h2-5,7,18H,6H2,1H3. The molecule has 0 aromatic heterocycles. The second-order valence-corrected chi connectivity index (χ2v) is 3.87. The molecule has 0 saturated heterocycles. The number of benzene rings is 1. The summed E-state index contributed by atoms with van der Waals surface area (Å²) in [4.78, 5) is 4.18. The van der Waals surface area contributed by atoms with Gasteiger partial charge in [-0.2, -0.15) is 31.8 Å². The zero-order valence-corrected chi connectivity index (χ0v) is 9.77. The molecule has 0 aliphatic carbocycles. The molecule has 1 N–H and O–H groups in total. The predicted molar refractivity (Wildman–Crippen MR) is 55.0 cm³/mol.